The van der Waals surface area contributed by atoms with Gasteiger partial charge in [0.1, 0.15) is 5.69 Å². The smallest absolute Gasteiger partial charge is 0.339 e. The van der Waals surface area contributed by atoms with Gasteiger partial charge in [-0.15, -0.1) is 0 Å². The molecule has 0 bridgehead atoms. The monoisotopic (exact) mass is 322 g/mol. The second-order valence-electron chi connectivity index (χ2n) is 5.70. The van der Waals surface area contributed by atoms with Gasteiger partial charge in [0.05, 0.1) is 17.8 Å². The summed E-state index contributed by atoms with van der Waals surface area (Å²) < 4.78 is 40.0. The Morgan fingerprint density at radius 1 is 1.26 bits per heavy atom. The molecular formula is C15H13F3N4O. The van der Waals surface area contributed by atoms with Crippen molar-refractivity contribution in [1.82, 2.24) is 19.8 Å². The number of halogens is 3. The first-order chi connectivity index (χ1) is 10.9. The zero-order chi connectivity index (χ0) is 16.2. The van der Waals surface area contributed by atoms with Crippen LogP contribution in [0.1, 0.15) is 21.7 Å². The molecule has 0 radical (unpaired) electrons. The van der Waals surface area contributed by atoms with Gasteiger partial charge in [0, 0.05) is 25.5 Å². The first-order valence-corrected chi connectivity index (χ1v) is 7.18. The molecule has 4 rings (SSSR count). The van der Waals surface area contributed by atoms with E-state index < -0.39 is 17.4 Å². The molecule has 1 saturated heterocycles. The van der Waals surface area contributed by atoms with Crippen molar-refractivity contribution < 1.29 is 18.0 Å². The van der Waals surface area contributed by atoms with E-state index in [1.54, 1.807) is 27.8 Å². The van der Waals surface area contributed by atoms with E-state index in [0.717, 1.165) is 12.3 Å². The van der Waals surface area contributed by atoms with Gasteiger partial charge in [-0.3, -0.25) is 15.1 Å². The molecule has 2 aliphatic rings. The summed E-state index contributed by atoms with van der Waals surface area (Å²) in [6.45, 7) is 1.48. The number of fused-ring (bicyclic) bond motifs is 2. The van der Waals surface area contributed by atoms with Gasteiger partial charge in [0.2, 0.25) is 0 Å². The summed E-state index contributed by atoms with van der Waals surface area (Å²) >= 11 is 0. The second-order valence-corrected chi connectivity index (χ2v) is 5.70. The number of rotatable bonds is 1. The normalized spacial score (nSPS) is 23.8. The lowest BCUT2D eigenvalue weighted by Crippen LogP contribution is -2.57. The molecule has 1 unspecified atom stereocenters. The van der Waals surface area contributed by atoms with Crippen molar-refractivity contribution in [3.05, 3.63) is 53.6 Å². The lowest BCUT2D eigenvalue weighted by Gasteiger charge is -2.42. The number of hydrogen-bond acceptors (Lipinski definition) is 3. The van der Waals surface area contributed by atoms with Crippen molar-refractivity contribution in [2.24, 2.45) is 0 Å². The second kappa shape index (κ2) is 4.58. The topological polar surface area (TPSA) is 50.2 Å². The molecule has 8 heteroatoms. The number of pyridine rings is 1. The molecule has 5 nitrogen and oxygen atoms in total. The molecule has 0 saturated carbocycles. The van der Waals surface area contributed by atoms with Crippen molar-refractivity contribution >= 4 is 5.91 Å². The summed E-state index contributed by atoms with van der Waals surface area (Å²) in [4.78, 5) is 18.3. The van der Waals surface area contributed by atoms with E-state index >= 15 is 0 Å². The van der Waals surface area contributed by atoms with Crippen LogP contribution in [0.3, 0.4) is 0 Å². The van der Waals surface area contributed by atoms with E-state index in [-0.39, 0.29) is 5.91 Å². The maximum Gasteiger partial charge on any atom is 0.417 e. The first-order valence-electron chi connectivity index (χ1n) is 7.18. The summed E-state index contributed by atoms with van der Waals surface area (Å²) in [5.74, 6) is -0.145. The van der Waals surface area contributed by atoms with Crippen molar-refractivity contribution in [1.29, 1.82) is 0 Å². The highest BCUT2D eigenvalue weighted by atomic mass is 19.4. The van der Waals surface area contributed by atoms with Crippen LogP contribution in [0.15, 0.2) is 36.7 Å². The van der Waals surface area contributed by atoms with Crippen LogP contribution in [-0.4, -0.2) is 33.4 Å². The summed E-state index contributed by atoms with van der Waals surface area (Å²) in [5.41, 5.74) is -0.703. The number of nitrogens with one attached hydrogen (secondary N) is 1. The third kappa shape index (κ3) is 1.98. The SMILES string of the molecule is O=C1c2cccn2CC2(c3ccc(C(F)(F)F)cn3)NCCN12. The van der Waals surface area contributed by atoms with E-state index in [1.807, 2.05) is 0 Å². The number of carbonyl (C=O) groups is 1. The fourth-order valence-electron chi connectivity index (χ4n) is 3.32. The molecule has 1 N–H and O–H groups in total. The fourth-order valence-corrected chi connectivity index (χ4v) is 3.32. The molecular weight excluding hydrogens is 309 g/mol. The van der Waals surface area contributed by atoms with Crippen LogP contribution in [0.4, 0.5) is 13.2 Å². The van der Waals surface area contributed by atoms with Gasteiger partial charge in [0.25, 0.3) is 5.91 Å². The van der Waals surface area contributed by atoms with Crippen molar-refractivity contribution in [2.75, 3.05) is 13.1 Å². The van der Waals surface area contributed by atoms with Gasteiger partial charge in [0.15, 0.2) is 5.66 Å². The molecule has 0 spiro atoms. The lowest BCUT2D eigenvalue weighted by atomic mass is 10.0. The Morgan fingerprint density at radius 2 is 2.09 bits per heavy atom. The molecule has 1 fully saturated rings. The summed E-state index contributed by atoms with van der Waals surface area (Å²) in [6, 6.07) is 5.87. The summed E-state index contributed by atoms with van der Waals surface area (Å²) in [6.07, 6.45) is -1.82. The molecule has 1 atom stereocenters. The van der Waals surface area contributed by atoms with Crippen LogP contribution in [0.5, 0.6) is 0 Å². The Kier molecular flexibility index (Phi) is 2.84. The molecule has 120 valence electrons. The number of carbonyl (C=O) groups excluding carboxylic acids is 1. The van der Waals surface area contributed by atoms with E-state index in [1.165, 1.54) is 6.07 Å². The van der Waals surface area contributed by atoms with Crippen LogP contribution in [0.2, 0.25) is 0 Å². The predicted octanol–water partition coefficient (Wildman–Crippen LogP) is 1.81. The molecule has 2 aromatic heterocycles. The van der Waals surface area contributed by atoms with E-state index in [2.05, 4.69) is 10.3 Å². The minimum Gasteiger partial charge on any atom is -0.339 e. The number of nitrogens with zero attached hydrogens (tertiary/aromatic N) is 3. The van der Waals surface area contributed by atoms with E-state index in [9.17, 15) is 18.0 Å². The summed E-state index contributed by atoms with van der Waals surface area (Å²) in [5, 5.41) is 3.25. The van der Waals surface area contributed by atoms with Gasteiger partial charge >= 0.3 is 6.18 Å². The Balaban J connectivity index is 1.79. The number of aromatic nitrogens is 2. The standard InChI is InChI=1S/C15H13F3N4O/c16-15(17,18)10-3-4-12(19-8-10)14-9-21-6-1-2-11(21)13(23)22(14)7-5-20-14/h1-4,6,8,20H,5,7,9H2. The first kappa shape index (κ1) is 14.3. The number of amides is 1. The maximum absolute atomic E-state index is 12.7. The van der Waals surface area contributed by atoms with Gasteiger partial charge in [-0.05, 0) is 24.3 Å². The average molecular weight is 322 g/mol. The number of hydrogen-bond donors (Lipinski definition) is 1. The Morgan fingerprint density at radius 3 is 2.78 bits per heavy atom. The van der Waals surface area contributed by atoms with Crippen molar-refractivity contribution in [3.8, 4) is 0 Å². The van der Waals surface area contributed by atoms with E-state index in [0.29, 0.717) is 31.0 Å². The largest absolute Gasteiger partial charge is 0.417 e. The zero-order valence-corrected chi connectivity index (χ0v) is 12.0. The molecule has 0 aliphatic carbocycles. The Labute approximate surface area is 129 Å². The van der Waals surface area contributed by atoms with Crippen LogP contribution >= 0.6 is 0 Å². The van der Waals surface area contributed by atoms with Gasteiger partial charge in [-0.25, -0.2) is 0 Å². The Bertz CT molecular complexity index is 768. The van der Waals surface area contributed by atoms with Gasteiger partial charge in [-0.2, -0.15) is 13.2 Å². The molecule has 23 heavy (non-hydrogen) atoms. The van der Waals surface area contributed by atoms with Crippen LogP contribution in [-0.2, 0) is 18.4 Å². The van der Waals surface area contributed by atoms with Crippen LogP contribution in [0, 0.1) is 0 Å². The molecule has 1 amide bonds. The van der Waals surface area contributed by atoms with Crippen LogP contribution in [0.25, 0.3) is 0 Å². The maximum atomic E-state index is 12.7. The predicted molar refractivity (Wildman–Crippen MR) is 74.4 cm³/mol. The van der Waals surface area contributed by atoms with Crippen molar-refractivity contribution in [2.45, 2.75) is 18.4 Å². The molecule has 2 aliphatic heterocycles. The average Bonchev–Trinajstić information content (AvgIpc) is 3.14. The van der Waals surface area contributed by atoms with E-state index in [4.69, 9.17) is 0 Å². The Hall–Kier alpha value is -2.35. The third-order valence-electron chi connectivity index (χ3n) is 4.42. The summed E-state index contributed by atoms with van der Waals surface area (Å²) in [7, 11) is 0. The highest BCUT2D eigenvalue weighted by Crippen LogP contribution is 2.36. The fraction of sp³-hybridized carbons (Fsp3) is 0.333. The minimum atomic E-state index is -4.43. The van der Waals surface area contributed by atoms with Gasteiger partial charge in [-0.1, -0.05) is 0 Å². The third-order valence-corrected chi connectivity index (χ3v) is 4.42. The highest BCUT2D eigenvalue weighted by molar-refractivity contribution is 5.94. The minimum absolute atomic E-state index is 0.145. The van der Waals surface area contributed by atoms with Gasteiger partial charge < -0.3 is 9.47 Å². The van der Waals surface area contributed by atoms with Crippen LogP contribution < -0.4 is 5.32 Å². The van der Waals surface area contributed by atoms with Crippen molar-refractivity contribution in [3.63, 3.8) is 0 Å². The molecule has 4 heterocycles. The zero-order valence-electron chi connectivity index (χ0n) is 12.0. The quantitative estimate of drug-likeness (QED) is 0.871. The molecule has 2 aromatic rings. The molecule has 0 aromatic carbocycles. The lowest BCUT2D eigenvalue weighted by molar-refractivity contribution is -0.137. The number of alkyl halides is 3. The highest BCUT2D eigenvalue weighted by Gasteiger charge is 2.50.